The first-order valence-corrected chi connectivity index (χ1v) is 4.35. The lowest BCUT2D eigenvalue weighted by Gasteiger charge is -2.00. The molecule has 0 spiro atoms. The molecule has 0 saturated heterocycles. The average Bonchev–Trinajstić information content (AvgIpc) is 2.00. The molecular weight excluding hydrogens is 236 g/mol. The molecule has 0 radical (unpaired) electrons. The molecule has 0 heterocycles. The summed E-state index contributed by atoms with van der Waals surface area (Å²) in [7, 11) is 0. The smallest absolute Gasteiger partial charge is 0.167 e. The largest absolute Gasteiger partial charge is 0.409 e. The van der Waals surface area contributed by atoms with Crippen molar-refractivity contribution in [1.29, 1.82) is 0 Å². The molecule has 5 heteroatoms. The second kappa shape index (κ2) is 4.24. The Morgan fingerprint density at radius 3 is 2.29 bits per heavy atom. The van der Waals surface area contributed by atoms with Crippen LogP contribution in [0.2, 0.25) is 10.0 Å². The monoisotopic (exact) mass is 240 g/mol. The summed E-state index contributed by atoms with van der Waals surface area (Å²) in [6, 6.07) is 4.29. The maximum absolute atomic E-state index is 11.8. The molecule has 0 unspecified atom stereocenters. The van der Waals surface area contributed by atoms with E-state index in [1.165, 1.54) is 18.2 Å². The Labute approximate surface area is 88.9 Å². The van der Waals surface area contributed by atoms with Crippen LogP contribution < -0.4 is 0 Å². The summed E-state index contributed by atoms with van der Waals surface area (Å²) in [5.41, 5.74) is 0.286. The zero-order chi connectivity index (χ0) is 10.8. The number of alkyl halides is 3. The van der Waals surface area contributed by atoms with E-state index in [4.69, 9.17) is 23.2 Å². The SMILES string of the molecule is FC(F)(F)/C=C/c1ccc(Cl)cc1Cl. The standard InChI is InChI=1S/C9H5Cl2F3/c10-7-2-1-6(8(11)5-7)3-4-9(12,13)14/h1-5H/b4-3+. The van der Waals surface area contributed by atoms with Crippen molar-refractivity contribution >= 4 is 29.3 Å². The molecule has 0 nitrogen and oxygen atoms in total. The summed E-state index contributed by atoms with van der Waals surface area (Å²) >= 11 is 11.2. The fraction of sp³-hybridized carbons (Fsp3) is 0.111. The first-order valence-electron chi connectivity index (χ1n) is 3.59. The van der Waals surface area contributed by atoms with Crippen molar-refractivity contribution in [3.63, 3.8) is 0 Å². The van der Waals surface area contributed by atoms with Gasteiger partial charge in [-0.3, -0.25) is 0 Å². The average molecular weight is 241 g/mol. The van der Waals surface area contributed by atoms with Crippen LogP contribution in [0.25, 0.3) is 6.08 Å². The predicted octanol–water partition coefficient (Wildman–Crippen LogP) is 4.57. The van der Waals surface area contributed by atoms with E-state index in [1.807, 2.05) is 0 Å². The van der Waals surface area contributed by atoms with Gasteiger partial charge in [0, 0.05) is 16.1 Å². The number of hydrogen-bond acceptors (Lipinski definition) is 0. The first kappa shape index (κ1) is 11.4. The van der Waals surface area contributed by atoms with Crippen LogP contribution in [0, 0.1) is 0 Å². The molecule has 0 amide bonds. The maximum Gasteiger partial charge on any atom is 0.409 e. The van der Waals surface area contributed by atoms with Crippen molar-refractivity contribution < 1.29 is 13.2 Å². The van der Waals surface area contributed by atoms with E-state index in [9.17, 15) is 13.2 Å². The fourth-order valence-electron chi connectivity index (χ4n) is 0.821. The van der Waals surface area contributed by atoms with E-state index in [1.54, 1.807) is 0 Å². The van der Waals surface area contributed by atoms with Gasteiger partial charge in [-0.2, -0.15) is 13.2 Å². The topological polar surface area (TPSA) is 0 Å². The second-order valence-corrected chi connectivity index (χ2v) is 3.38. The van der Waals surface area contributed by atoms with Gasteiger partial charge in [0.05, 0.1) is 0 Å². The molecule has 0 aromatic heterocycles. The minimum Gasteiger partial charge on any atom is -0.167 e. The van der Waals surface area contributed by atoms with Gasteiger partial charge >= 0.3 is 6.18 Å². The van der Waals surface area contributed by atoms with Crippen molar-refractivity contribution in [3.8, 4) is 0 Å². The number of halogens is 5. The lowest BCUT2D eigenvalue weighted by Crippen LogP contribution is -2.00. The summed E-state index contributed by atoms with van der Waals surface area (Å²) in [6.07, 6.45) is -3.30. The van der Waals surface area contributed by atoms with E-state index in [0.29, 0.717) is 5.02 Å². The van der Waals surface area contributed by atoms with E-state index >= 15 is 0 Å². The molecule has 1 rings (SSSR count). The van der Waals surface area contributed by atoms with E-state index in [2.05, 4.69) is 0 Å². The molecule has 1 aromatic rings. The number of allylic oxidation sites excluding steroid dienone is 1. The molecule has 0 N–H and O–H groups in total. The molecule has 0 aliphatic rings. The van der Waals surface area contributed by atoms with Crippen molar-refractivity contribution in [2.75, 3.05) is 0 Å². The van der Waals surface area contributed by atoms with Crippen LogP contribution in [0.5, 0.6) is 0 Å². The van der Waals surface area contributed by atoms with Gasteiger partial charge in [-0.1, -0.05) is 29.3 Å². The molecule has 0 atom stereocenters. The van der Waals surface area contributed by atoms with Gasteiger partial charge in [0.1, 0.15) is 0 Å². The molecule has 0 bridgehead atoms. The highest BCUT2D eigenvalue weighted by Gasteiger charge is 2.21. The van der Waals surface area contributed by atoms with Crippen molar-refractivity contribution in [3.05, 3.63) is 39.9 Å². The van der Waals surface area contributed by atoms with Gasteiger partial charge in [-0.25, -0.2) is 0 Å². The lowest BCUT2D eigenvalue weighted by molar-refractivity contribution is -0.0790. The highest BCUT2D eigenvalue weighted by atomic mass is 35.5. The van der Waals surface area contributed by atoms with Crippen LogP contribution in [-0.4, -0.2) is 6.18 Å². The van der Waals surface area contributed by atoms with Crippen LogP contribution in [-0.2, 0) is 0 Å². The van der Waals surface area contributed by atoms with Gasteiger partial charge in [-0.05, 0) is 23.8 Å². The van der Waals surface area contributed by atoms with Crippen LogP contribution in [0.15, 0.2) is 24.3 Å². The zero-order valence-corrected chi connectivity index (χ0v) is 8.29. The van der Waals surface area contributed by atoms with E-state index < -0.39 is 6.18 Å². The number of hydrogen-bond donors (Lipinski definition) is 0. The predicted molar refractivity (Wildman–Crippen MR) is 51.6 cm³/mol. The van der Waals surface area contributed by atoms with Gasteiger partial charge in [0.15, 0.2) is 0 Å². The normalized spacial score (nSPS) is 12.4. The molecular formula is C9H5Cl2F3. The minimum atomic E-state index is -4.33. The quantitative estimate of drug-likeness (QED) is 0.675. The molecule has 1 aromatic carbocycles. The third kappa shape index (κ3) is 3.60. The highest BCUT2D eigenvalue weighted by molar-refractivity contribution is 6.35. The second-order valence-electron chi connectivity index (χ2n) is 2.54. The summed E-state index contributed by atoms with van der Waals surface area (Å²) < 4.78 is 35.4. The van der Waals surface area contributed by atoms with Gasteiger partial charge in [-0.15, -0.1) is 0 Å². The summed E-state index contributed by atoms with van der Waals surface area (Å²) in [4.78, 5) is 0. The molecule has 76 valence electrons. The maximum atomic E-state index is 11.8. The number of rotatable bonds is 1. The summed E-state index contributed by atoms with van der Waals surface area (Å²) in [5.74, 6) is 0. The Morgan fingerprint density at radius 1 is 1.14 bits per heavy atom. The van der Waals surface area contributed by atoms with E-state index in [0.717, 1.165) is 6.08 Å². The van der Waals surface area contributed by atoms with Crippen molar-refractivity contribution in [2.45, 2.75) is 6.18 Å². The third-order valence-corrected chi connectivity index (χ3v) is 1.98. The van der Waals surface area contributed by atoms with Crippen LogP contribution in [0.4, 0.5) is 13.2 Å². The van der Waals surface area contributed by atoms with E-state index in [-0.39, 0.29) is 16.7 Å². The van der Waals surface area contributed by atoms with Gasteiger partial charge in [0.2, 0.25) is 0 Å². The molecule has 0 saturated carbocycles. The molecule has 0 aliphatic heterocycles. The van der Waals surface area contributed by atoms with Crippen LogP contribution in [0.3, 0.4) is 0 Å². The van der Waals surface area contributed by atoms with Crippen molar-refractivity contribution in [1.82, 2.24) is 0 Å². The minimum absolute atomic E-state index is 0.127. The Hall–Kier alpha value is -0.670. The van der Waals surface area contributed by atoms with Crippen molar-refractivity contribution in [2.24, 2.45) is 0 Å². The Bertz CT molecular complexity index is 356. The first-order chi connectivity index (χ1) is 6.38. The lowest BCUT2D eigenvalue weighted by atomic mass is 10.2. The summed E-state index contributed by atoms with van der Waals surface area (Å²) in [6.45, 7) is 0. The summed E-state index contributed by atoms with van der Waals surface area (Å²) in [5, 5.41) is 0.581. The Morgan fingerprint density at radius 2 is 1.79 bits per heavy atom. The van der Waals surface area contributed by atoms with Gasteiger partial charge < -0.3 is 0 Å². The van der Waals surface area contributed by atoms with Crippen LogP contribution in [0.1, 0.15) is 5.56 Å². The molecule has 0 fully saturated rings. The molecule has 14 heavy (non-hydrogen) atoms. The third-order valence-electron chi connectivity index (χ3n) is 1.41. The zero-order valence-electron chi connectivity index (χ0n) is 6.78. The number of benzene rings is 1. The Kier molecular flexibility index (Phi) is 3.45. The van der Waals surface area contributed by atoms with Gasteiger partial charge in [0.25, 0.3) is 0 Å². The Balaban J connectivity index is 2.93. The highest BCUT2D eigenvalue weighted by Crippen LogP contribution is 2.24. The molecule has 0 aliphatic carbocycles. The van der Waals surface area contributed by atoms with Crippen LogP contribution >= 0.6 is 23.2 Å². The fourth-order valence-corrected chi connectivity index (χ4v) is 1.29.